The van der Waals surface area contributed by atoms with Gasteiger partial charge in [-0.15, -0.1) is 0 Å². The van der Waals surface area contributed by atoms with Gasteiger partial charge in [0.25, 0.3) is 0 Å². The Balaban J connectivity index is 1.57. The van der Waals surface area contributed by atoms with Crippen LogP contribution in [0.4, 0.5) is 0 Å². The van der Waals surface area contributed by atoms with E-state index >= 15 is 0 Å². The van der Waals surface area contributed by atoms with E-state index in [0.717, 1.165) is 28.6 Å². The largest absolute Gasteiger partial charge is 0.497 e. The van der Waals surface area contributed by atoms with Gasteiger partial charge in [0.2, 0.25) is 0 Å². The van der Waals surface area contributed by atoms with Crippen LogP contribution in [0, 0.1) is 0 Å². The van der Waals surface area contributed by atoms with Gasteiger partial charge in [0.05, 0.1) is 12.6 Å². The van der Waals surface area contributed by atoms with Gasteiger partial charge in [-0.25, -0.2) is 4.98 Å². The third-order valence-corrected chi connectivity index (χ3v) is 5.40. The van der Waals surface area contributed by atoms with Crippen molar-refractivity contribution in [3.8, 4) is 5.75 Å². The van der Waals surface area contributed by atoms with Gasteiger partial charge in [0.15, 0.2) is 0 Å². The number of hydrogen-bond donors (Lipinski definition) is 1. The number of pyridine rings is 1. The van der Waals surface area contributed by atoms with E-state index in [1.54, 1.807) is 7.11 Å². The molecule has 29 heavy (non-hydrogen) atoms. The summed E-state index contributed by atoms with van der Waals surface area (Å²) >= 11 is 6.50. The van der Waals surface area contributed by atoms with Crippen molar-refractivity contribution < 1.29 is 4.74 Å². The molecule has 0 bridgehead atoms. The highest BCUT2D eigenvalue weighted by molar-refractivity contribution is 6.30. The molecule has 146 valence electrons. The van der Waals surface area contributed by atoms with Crippen LogP contribution >= 0.6 is 11.6 Å². The third-order valence-electron chi connectivity index (χ3n) is 5.07. The Hall–Kier alpha value is -2.88. The van der Waals surface area contributed by atoms with Crippen molar-refractivity contribution in [3.05, 3.63) is 107 Å². The van der Waals surface area contributed by atoms with E-state index in [4.69, 9.17) is 16.3 Å². The zero-order valence-electron chi connectivity index (χ0n) is 16.3. The minimum atomic E-state index is 0.182. The van der Waals surface area contributed by atoms with E-state index in [-0.39, 0.29) is 6.04 Å². The standard InChI is InChI=1S/C25H23ClN2O/c1-29-22-13-12-20-15-21(25(26)28-24(20)16-22)17-27-23(19-10-6-3-7-11-19)14-18-8-4-2-5-9-18/h2-13,15-16,23,27H,14,17H2,1H3/t23-/m1/s1. The lowest BCUT2D eigenvalue weighted by Crippen LogP contribution is -2.23. The topological polar surface area (TPSA) is 34.1 Å². The molecule has 4 rings (SSSR count). The Morgan fingerprint density at radius 3 is 2.38 bits per heavy atom. The van der Waals surface area contributed by atoms with Gasteiger partial charge in [-0.1, -0.05) is 72.3 Å². The molecule has 4 heteroatoms. The molecule has 0 aliphatic carbocycles. The first kappa shape index (κ1) is 19.4. The number of hydrogen-bond acceptors (Lipinski definition) is 3. The van der Waals surface area contributed by atoms with Crippen molar-refractivity contribution in [1.29, 1.82) is 0 Å². The molecule has 1 atom stereocenters. The van der Waals surface area contributed by atoms with Gasteiger partial charge in [-0.3, -0.25) is 0 Å². The average molecular weight is 403 g/mol. The number of methoxy groups -OCH3 is 1. The van der Waals surface area contributed by atoms with Gasteiger partial charge in [0.1, 0.15) is 10.9 Å². The molecule has 1 aromatic heterocycles. The number of ether oxygens (including phenoxy) is 1. The number of fused-ring (bicyclic) bond motifs is 1. The molecular weight excluding hydrogens is 380 g/mol. The van der Waals surface area contributed by atoms with Gasteiger partial charge in [-0.2, -0.15) is 0 Å². The number of benzene rings is 3. The summed E-state index contributed by atoms with van der Waals surface area (Å²) in [6.45, 7) is 0.639. The van der Waals surface area contributed by atoms with Crippen molar-refractivity contribution >= 4 is 22.5 Å². The molecule has 1 N–H and O–H groups in total. The maximum absolute atomic E-state index is 6.50. The summed E-state index contributed by atoms with van der Waals surface area (Å²) in [6.07, 6.45) is 0.903. The molecule has 0 saturated carbocycles. The molecule has 3 aromatic carbocycles. The second-order valence-corrected chi connectivity index (χ2v) is 7.39. The molecule has 0 spiro atoms. The summed E-state index contributed by atoms with van der Waals surface area (Å²) in [5, 5.41) is 5.25. The molecule has 0 amide bonds. The van der Waals surface area contributed by atoms with Crippen LogP contribution in [0.25, 0.3) is 10.9 Å². The summed E-state index contributed by atoms with van der Waals surface area (Å²) in [4.78, 5) is 4.56. The Morgan fingerprint density at radius 1 is 0.931 bits per heavy atom. The predicted molar refractivity (Wildman–Crippen MR) is 119 cm³/mol. The average Bonchev–Trinajstić information content (AvgIpc) is 2.77. The first-order valence-corrected chi connectivity index (χ1v) is 10.1. The fraction of sp³-hybridized carbons (Fsp3) is 0.160. The predicted octanol–water partition coefficient (Wildman–Crippen LogP) is 5.97. The molecule has 1 heterocycles. The Bertz CT molecular complexity index is 1080. The first-order chi connectivity index (χ1) is 14.2. The highest BCUT2D eigenvalue weighted by Crippen LogP contribution is 2.25. The normalized spacial score (nSPS) is 12.1. The van der Waals surface area contributed by atoms with Crippen LogP contribution in [0.15, 0.2) is 84.9 Å². The lowest BCUT2D eigenvalue weighted by Gasteiger charge is -2.20. The monoisotopic (exact) mass is 402 g/mol. The maximum Gasteiger partial charge on any atom is 0.134 e. The number of nitrogens with zero attached hydrogens (tertiary/aromatic N) is 1. The molecule has 4 aromatic rings. The minimum absolute atomic E-state index is 0.182. The summed E-state index contributed by atoms with van der Waals surface area (Å²) in [6, 6.07) is 29.2. The Kier molecular flexibility index (Phi) is 6.09. The molecule has 0 fully saturated rings. The summed E-state index contributed by atoms with van der Waals surface area (Å²) in [7, 11) is 1.65. The highest BCUT2D eigenvalue weighted by atomic mass is 35.5. The Labute approximate surface area is 176 Å². The lowest BCUT2D eigenvalue weighted by molar-refractivity contribution is 0.415. The van der Waals surface area contributed by atoms with Gasteiger partial charge >= 0.3 is 0 Å². The summed E-state index contributed by atoms with van der Waals surface area (Å²) < 4.78 is 5.28. The molecule has 0 unspecified atom stereocenters. The number of halogens is 1. The third kappa shape index (κ3) is 4.76. The van der Waals surface area contributed by atoms with Gasteiger partial charge in [-0.05, 0) is 35.7 Å². The minimum Gasteiger partial charge on any atom is -0.497 e. The lowest BCUT2D eigenvalue weighted by atomic mass is 9.98. The fourth-order valence-corrected chi connectivity index (χ4v) is 3.71. The molecular formula is C25H23ClN2O. The highest BCUT2D eigenvalue weighted by Gasteiger charge is 2.14. The number of rotatable bonds is 7. The van der Waals surface area contributed by atoms with Crippen LogP contribution in [-0.2, 0) is 13.0 Å². The van der Waals surface area contributed by atoms with Crippen LogP contribution in [0.2, 0.25) is 5.15 Å². The van der Waals surface area contributed by atoms with Crippen LogP contribution in [0.5, 0.6) is 5.75 Å². The van der Waals surface area contributed by atoms with E-state index < -0.39 is 0 Å². The number of aromatic nitrogens is 1. The van der Waals surface area contributed by atoms with E-state index in [1.165, 1.54) is 11.1 Å². The molecule has 0 radical (unpaired) electrons. The second-order valence-electron chi connectivity index (χ2n) is 7.03. The van der Waals surface area contributed by atoms with Crippen molar-refractivity contribution in [2.24, 2.45) is 0 Å². The zero-order valence-corrected chi connectivity index (χ0v) is 17.1. The molecule has 0 aliphatic heterocycles. The van der Waals surface area contributed by atoms with Crippen molar-refractivity contribution in [1.82, 2.24) is 10.3 Å². The van der Waals surface area contributed by atoms with Crippen LogP contribution in [0.1, 0.15) is 22.7 Å². The van der Waals surface area contributed by atoms with Crippen molar-refractivity contribution in [2.45, 2.75) is 19.0 Å². The number of nitrogens with one attached hydrogen (secondary N) is 1. The smallest absolute Gasteiger partial charge is 0.134 e. The zero-order chi connectivity index (χ0) is 20.1. The SMILES string of the molecule is COc1ccc2cc(CN[C@H](Cc3ccccc3)c3ccccc3)c(Cl)nc2c1. The summed E-state index contributed by atoms with van der Waals surface area (Å²) in [5.41, 5.74) is 4.37. The Morgan fingerprint density at radius 2 is 1.66 bits per heavy atom. The van der Waals surface area contributed by atoms with Gasteiger partial charge in [0, 0.05) is 29.6 Å². The molecule has 0 saturated heterocycles. The summed E-state index contributed by atoms with van der Waals surface area (Å²) in [5.74, 6) is 0.777. The van der Waals surface area contributed by atoms with E-state index in [1.807, 2.05) is 30.3 Å². The van der Waals surface area contributed by atoms with Crippen molar-refractivity contribution in [3.63, 3.8) is 0 Å². The van der Waals surface area contributed by atoms with E-state index in [9.17, 15) is 0 Å². The van der Waals surface area contributed by atoms with Crippen LogP contribution < -0.4 is 10.1 Å². The molecule has 0 aliphatic rings. The van der Waals surface area contributed by atoms with E-state index in [0.29, 0.717) is 11.7 Å². The quantitative estimate of drug-likeness (QED) is 0.386. The molecule has 3 nitrogen and oxygen atoms in total. The van der Waals surface area contributed by atoms with E-state index in [2.05, 4.69) is 64.9 Å². The first-order valence-electron chi connectivity index (χ1n) is 9.68. The van der Waals surface area contributed by atoms with Crippen LogP contribution in [0.3, 0.4) is 0 Å². The van der Waals surface area contributed by atoms with Crippen molar-refractivity contribution in [2.75, 3.05) is 7.11 Å². The van der Waals surface area contributed by atoms with Crippen LogP contribution in [-0.4, -0.2) is 12.1 Å². The fourth-order valence-electron chi connectivity index (χ4n) is 3.49. The second kappa shape index (κ2) is 9.08. The van der Waals surface area contributed by atoms with Gasteiger partial charge < -0.3 is 10.1 Å². The maximum atomic E-state index is 6.50.